The van der Waals surface area contributed by atoms with Crippen LogP contribution in [-0.2, 0) is 4.79 Å². The third-order valence-corrected chi connectivity index (χ3v) is 4.60. The van der Waals surface area contributed by atoms with Gasteiger partial charge in [-0.25, -0.2) is 4.39 Å². The second-order valence-corrected chi connectivity index (χ2v) is 6.71. The first-order valence-corrected chi connectivity index (χ1v) is 9.00. The van der Waals surface area contributed by atoms with E-state index in [0.29, 0.717) is 17.3 Å². The van der Waals surface area contributed by atoms with Crippen molar-refractivity contribution in [1.82, 2.24) is 10.2 Å². The van der Waals surface area contributed by atoms with Crippen LogP contribution in [0, 0.1) is 12.7 Å². The van der Waals surface area contributed by atoms with Gasteiger partial charge in [-0.2, -0.15) is 0 Å². The number of nitrogens with zero attached hydrogens (tertiary/aromatic N) is 2. The van der Waals surface area contributed by atoms with Gasteiger partial charge < -0.3 is 4.74 Å². The van der Waals surface area contributed by atoms with E-state index in [9.17, 15) is 9.18 Å². The van der Waals surface area contributed by atoms with Crippen LogP contribution < -0.4 is 10.1 Å². The zero-order valence-corrected chi connectivity index (χ0v) is 15.2. The van der Waals surface area contributed by atoms with E-state index in [1.807, 2.05) is 38.1 Å². The van der Waals surface area contributed by atoms with Gasteiger partial charge in [-0.1, -0.05) is 48.1 Å². The Hall–Kier alpha value is -2.80. The average Bonchev–Trinajstić information content (AvgIpc) is 3.10. The first-order valence-electron chi connectivity index (χ1n) is 8.19. The van der Waals surface area contributed by atoms with E-state index in [4.69, 9.17) is 4.74 Å². The van der Waals surface area contributed by atoms with Gasteiger partial charge >= 0.3 is 0 Å². The van der Waals surface area contributed by atoms with E-state index in [1.54, 1.807) is 0 Å². The molecule has 0 fully saturated rings. The molecule has 26 heavy (non-hydrogen) atoms. The maximum absolute atomic E-state index is 13.0. The van der Waals surface area contributed by atoms with Crippen LogP contribution in [0.4, 0.5) is 9.52 Å². The summed E-state index contributed by atoms with van der Waals surface area (Å²) in [6, 6.07) is 13.5. The number of ether oxygens (including phenoxy) is 1. The highest BCUT2D eigenvalue weighted by Gasteiger charge is 2.20. The van der Waals surface area contributed by atoms with Gasteiger partial charge in [-0.15, -0.1) is 10.2 Å². The molecule has 1 N–H and O–H groups in total. The van der Waals surface area contributed by atoms with E-state index >= 15 is 0 Å². The lowest BCUT2D eigenvalue weighted by molar-refractivity contribution is -0.122. The molecular formula is C19H18FN3O2S. The molecule has 134 valence electrons. The number of aryl methyl sites for hydroxylation is 1. The molecule has 0 saturated carbocycles. The molecule has 1 amide bonds. The van der Waals surface area contributed by atoms with E-state index in [2.05, 4.69) is 15.5 Å². The van der Waals surface area contributed by atoms with E-state index < -0.39 is 6.10 Å². The Kier molecular flexibility index (Phi) is 5.58. The van der Waals surface area contributed by atoms with Crippen LogP contribution in [-0.4, -0.2) is 22.2 Å². The first kappa shape index (κ1) is 18.0. The molecule has 1 aromatic heterocycles. The molecular weight excluding hydrogens is 353 g/mol. The predicted molar refractivity (Wildman–Crippen MR) is 99.8 cm³/mol. The molecule has 1 heterocycles. The molecule has 0 radical (unpaired) electrons. The summed E-state index contributed by atoms with van der Waals surface area (Å²) in [6.07, 6.45) is -0.237. The number of hydrogen-bond acceptors (Lipinski definition) is 5. The lowest BCUT2D eigenvalue weighted by Gasteiger charge is -2.16. The maximum atomic E-state index is 13.0. The lowest BCUT2D eigenvalue weighted by atomic mass is 10.2. The molecule has 0 unspecified atom stereocenters. The van der Waals surface area contributed by atoms with Crippen molar-refractivity contribution in [2.75, 3.05) is 5.32 Å². The second kappa shape index (κ2) is 8.05. The molecule has 0 bridgehead atoms. The van der Waals surface area contributed by atoms with Gasteiger partial charge in [0.25, 0.3) is 5.91 Å². The van der Waals surface area contributed by atoms with Crippen molar-refractivity contribution in [3.63, 3.8) is 0 Å². The number of nitrogens with one attached hydrogen (secondary N) is 1. The number of benzene rings is 2. The molecule has 0 aliphatic rings. The summed E-state index contributed by atoms with van der Waals surface area (Å²) in [4.78, 5) is 12.4. The van der Waals surface area contributed by atoms with Gasteiger partial charge in [0.05, 0.1) is 0 Å². The lowest BCUT2D eigenvalue weighted by Crippen LogP contribution is -2.32. The number of halogens is 1. The molecule has 3 rings (SSSR count). The largest absolute Gasteiger partial charge is 0.481 e. The zero-order valence-electron chi connectivity index (χ0n) is 14.4. The summed E-state index contributed by atoms with van der Waals surface area (Å²) < 4.78 is 18.6. The van der Waals surface area contributed by atoms with Gasteiger partial charge in [0.15, 0.2) is 6.10 Å². The highest BCUT2D eigenvalue weighted by Crippen LogP contribution is 2.26. The van der Waals surface area contributed by atoms with Crippen LogP contribution in [0.15, 0.2) is 48.5 Å². The fraction of sp³-hybridized carbons (Fsp3) is 0.211. The number of rotatable bonds is 6. The van der Waals surface area contributed by atoms with Gasteiger partial charge in [-0.05, 0) is 37.6 Å². The van der Waals surface area contributed by atoms with E-state index in [1.165, 1.54) is 35.6 Å². The molecule has 0 spiro atoms. The molecule has 0 saturated heterocycles. The third kappa shape index (κ3) is 4.43. The topological polar surface area (TPSA) is 64.1 Å². The van der Waals surface area contributed by atoms with E-state index in [0.717, 1.165) is 16.1 Å². The fourth-order valence-corrected chi connectivity index (χ4v) is 3.02. The average molecular weight is 371 g/mol. The summed E-state index contributed by atoms with van der Waals surface area (Å²) in [5.74, 6) is -0.234. The summed E-state index contributed by atoms with van der Waals surface area (Å²) in [5, 5.41) is 12.0. The van der Waals surface area contributed by atoms with Crippen molar-refractivity contribution in [3.8, 4) is 16.3 Å². The number of aromatic nitrogens is 2. The minimum absolute atomic E-state index is 0.316. The summed E-state index contributed by atoms with van der Waals surface area (Å²) >= 11 is 1.30. The van der Waals surface area contributed by atoms with E-state index in [-0.39, 0.29) is 11.7 Å². The number of hydrogen-bond donors (Lipinski definition) is 1. The highest BCUT2D eigenvalue weighted by atomic mass is 32.1. The van der Waals surface area contributed by atoms with Crippen LogP contribution in [0.3, 0.4) is 0 Å². The molecule has 0 aliphatic heterocycles. The Morgan fingerprint density at radius 2 is 1.85 bits per heavy atom. The molecule has 7 heteroatoms. The van der Waals surface area contributed by atoms with Gasteiger partial charge in [-0.3, -0.25) is 10.1 Å². The van der Waals surface area contributed by atoms with Gasteiger partial charge in [0.1, 0.15) is 16.6 Å². The molecule has 2 aromatic carbocycles. The van der Waals surface area contributed by atoms with Crippen molar-refractivity contribution in [2.24, 2.45) is 0 Å². The monoisotopic (exact) mass is 371 g/mol. The van der Waals surface area contributed by atoms with Crippen LogP contribution in [0.2, 0.25) is 0 Å². The number of amides is 1. The normalized spacial score (nSPS) is 11.8. The minimum Gasteiger partial charge on any atom is -0.481 e. The Morgan fingerprint density at radius 1 is 1.15 bits per heavy atom. The molecule has 0 aliphatic carbocycles. The molecule has 3 aromatic rings. The zero-order chi connectivity index (χ0) is 18.5. The van der Waals surface area contributed by atoms with Crippen LogP contribution >= 0.6 is 11.3 Å². The summed E-state index contributed by atoms with van der Waals surface area (Å²) in [6.45, 7) is 3.85. The standard InChI is InChI=1S/C19H18FN3O2S/c1-3-16(25-15-10-8-14(20)9-11-15)17(24)21-19-23-22-18(26-19)13-6-4-12(2)5-7-13/h4-11,16H,3H2,1-2H3,(H,21,23,24)/t16-/m1/s1. The Bertz CT molecular complexity index is 879. The minimum atomic E-state index is -0.702. The van der Waals surface area contributed by atoms with Crippen LogP contribution in [0.1, 0.15) is 18.9 Å². The molecule has 1 atom stereocenters. The summed E-state index contributed by atoms with van der Waals surface area (Å²) in [5.41, 5.74) is 2.11. The van der Waals surface area contributed by atoms with Crippen molar-refractivity contribution < 1.29 is 13.9 Å². The van der Waals surface area contributed by atoms with Crippen molar-refractivity contribution in [1.29, 1.82) is 0 Å². The van der Waals surface area contributed by atoms with Crippen molar-refractivity contribution in [3.05, 3.63) is 59.9 Å². The van der Waals surface area contributed by atoms with Crippen LogP contribution in [0.5, 0.6) is 5.75 Å². The highest BCUT2D eigenvalue weighted by molar-refractivity contribution is 7.18. The maximum Gasteiger partial charge on any atom is 0.267 e. The first-order chi connectivity index (χ1) is 12.5. The third-order valence-electron chi connectivity index (χ3n) is 3.71. The second-order valence-electron chi connectivity index (χ2n) is 5.74. The number of anilines is 1. The SMILES string of the molecule is CC[C@@H](Oc1ccc(F)cc1)C(=O)Nc1nnc(-c2ccc(C)cc2)s1. The quantitative estimate of drug-likeness (QED) is 0.695. The number of carbonyl (C=O) groups excluding carboxylic acids is 1. The molecule has 5 nitrogen and oxygen atoms in total. The van der Waals surface area contributed by atoms with Crippen molar-refractivity contribution >= 4 is 22.4 Å². The number of carbonyl (C=O) groups is 1. The Morgan fingerprint density at radius 3 is 2.50 bits per heavy atom. The Balaban J connectivity index is 1.66. The van der Waals surface area contributed by atoms with Gasteiger partial charge in [0, 0.05) is 5.56 Å². The fourth-order valence-electron chi connectivity index (χ4n) is 2.27. The Labute approximate surface area is 154 Å². The summed E-state index contributed by atoms with van der Waals surface area (Å²) in [7, 11) is 0. The smallest absolute Gasteiger partial charge is 0.267 e. The predicted octanol–water partition coefficient (Wildman–Crippen LogP) is 4.45. The van der Waals surface area contributed by atoms with Crippen molar-refractivity contribution in [2.45, 2.75) is 26.4 Å². The van der Waals surface area contributed by atoms with Crippen LogP contribution in [0.25, 0.3) is 10.6 Å². The van der Waals surface area contributed by atoms with Gasteiger partial charge in [0.2, 0.25) is 5.13 Å².